The van der Waals surface area contributed by atoms with E-state index < -0.39 is 0 Å². The maximum atomic E-state index is 6.33. The van der Waals surface area contributed by atoms with Crippen LogP contribution in [0, 0.1) is 0 Å². The van der Waals surface area contributed by atoms with E-state index in [1.807, 2.05) is 18.2 Å². The molecule has 0 aliphatic heterocycles. The average molecular weight is 405 g/mol. The molecule has 1 N–H and O–H groups in total. The molecule has 1 aliphatic carbocycles. The predicted octanol–water partition coefficient (Wildman–Crippen LogP) is 5.29. The molecule has 112 valence electrons. The van der Waals surface area contributed by atoms with Crippen LogP contribution in [-0.2, 0) is 0 Å². The zero-order valence-electron chi connectivity index (χ0n) is 12.4. The molecule has 0 spiro atoms. The fourth-order valence-electron chi connectivity index (χ4n) is 2.43. The van der Waals surface area contributed by atoms with Crippen LogP contribution < -0.4 is 10.1 Å². The number of hydrogen-bond acceptors (Lipinski definition) is 2. The van der Waals surface area contributed by atoms with E-state index in [4.69, 9.17) is 4.74 Å². The zero-order chi connectivity index (χ0) is 14.8. The lowest BCUT2D eigenvalue weighted by Gasteiger charge is -2.43. The van der Waals surface area contributed by atoms with Crippen LogP contribution in [0.5, 0.6) is 5.75 Å². The second kappa shape index (κ2) is 6.37. The van der Waals surface area contributed by atoms with Gasteiger partial charge in [0.15, 0.2) is 0 Å². The number of ether oxygens (including phenoxy) is 1. The molecule has 0 aromatic heterocycles. The molecule has 0 bridgehead atoms. The molecule has 0 atom stereocenters. The van der Waals surface area contributed by atoms with Crippen LogP contribution in [0.2, 0.25) is 0 Å². The summed E-state index contributed by atoms with van der Waals surface area (Å²) in [6.07, 6.45) is 4.64. The Bertz CT molecular complexity index is 464. The van der Waals surface area contributed by atoms with Crippen molar-refractivity contribution in [1.29, 1.82) is 0 Å². The summed E-state index contributed by atoms with van der Waals surface area (Å²) in [5.41, 5.74) is 0.192. The molecule has 1 aromatic rings. The molecule has 0 saturated heterocycles. The van der Waals surface area contributed by atoms with Gasteiger partial charge in [0.2, 0.25) is 0 Å². The van der Waals surface area contributed by atoms with Crippen LogP contribution in [0.3, 0.4) is 0 Å². The summed E-state index contributed by atoms with van der Waals surface area (Å²) < 4.78 is 8.41. The van der Waals surface area contributed by atoms with Crippen molar-refractivity contribution < 1.29 is 4.74 Å². The topological polar surface area (TPSA) is 21.3 Å². The third-order valence-electron chi connectivity index (χ3n) is 3.72. The van der Waals surface area contributed by atoms with E-state index in [-0.39, 0.29) is 11.1 Å². The fourth-order valence-corrected chi connectivity index (χ4v) is 3.56. The molecule has 0 radical (unpaired) electrons. The highest BCUT2D eigenvalue weighted by molar-refractivity contribution is 9.11. The van der Waals surface area contributed by atoms with Gasteiger partial charge in [0.25, 0.3) is 0 Å². The van der Waals surface area contributed by atoms with Crippen LogP contribution >= 0.6 is 31.9 Å². The molecule has 0 amide bonds. The summed E-state index contributed by atoms with van der Waals surface area (Å²) >= 11 is 7.06. The summed E-state index contributed by atoms with van der Waals surface area (Å²) in [6.45, 7) is 7.60. The van der Waals surface area contributed by atoms with Gasteiger partial charge < -0.3 is 10.1 Å². The predicted molar refractivity (Wildman–Crippen MR) is 91.4 cm³/mol. The smallest absolute Gasteiger partial charge is 0.134 e. The summed E-state index contributed by atoms with van der Waals surface area (Å²) in [7, 11) is 0. The second-order valence-electron chi connectivity index (χ2n) is 6.64. The third-order valence-corrected chi connectivity index (χ3v) is 4.83. The first-order chi connectivity index (χ1) is 9.30. The van der Waals surface area contributed by atoms with Crippen LogP contribution in [0.25, 0.3) is 0 Å². The van der Waals surface area contributed by atoms with Gasteiger partial charge in [-0.2, -0.15) is 0 Å². The molecule has 1 fully saturated rings. The van der Waals surface area contributed by atoms with Crippen LogP contribution in [0.1, 0.15) is 46.5 Å². The molecular formula is C16H23Br2NO. The van der Waals surface area contributed by atoms with Gasteiger partial charge in [0, 0.05) is 10.0 Å². The van der Waals surface area contributed by atoms with Crippen molar-refractivity contribution >= 4 is 31.9 Å². The van der Waals surface area contributed by atoms with E-state index >= 15 is 0 Å². The normalized spacial score (nSPS) is 17.6. The molecule has 0 heterocycles. The van der Waals surface area contributed by atoms with Gasteiger partial charge in [-0.25, -0.2) is 0 Å². The average Bonchev–Trinajstić information content (AvgIpc) is 2.27. The number of benzene rings is 1. The Labute approximate surface area is 138 Å². The Morgan fingerprint density at radius 3 is 2.45 bits per heavy atom. The highest BCUT2D eigenvalue weighted by Gasteiger charge is 2.39. The van der Waals surface area contributed by atoms with Crippen molar-refractivity contribution in [3.05, 3.63) is 27.1 Å². The minimum atomic E-state index is 0.0224. The Morgan fingerprint density at radius 2 is 1.95 bits per heavy atom. The van der Waals surface area contributed by atoms with Gasteiger partial charge >= 0.3 is 0 Å². The first-order valence-electron chi connectivity index (χ1n) is 7.19. The Hall–Kier alpha value is -0.0600. The Kier molecular flexibility index (Phi) is 5.19. The van der Waals surface area contributed by atoms with Gasteiger partial charge in [-0.1, -0.05) is 15.9 Å². The van der Waals surface area contributed by atoms with Crippen molar-refractivity contribution in [1.82, 2.24) is 5.32 Å². The molecule has 0 unspecified atom stereocenters. The molecule has 1 saturated carbocycles. The number of rotatable bonds is 5. The van der Waals surface area contributed by atoms with Crippen LogP contribution in [0.4, 0.5) is 0 Å². The molecule has 1 aromatic carbocycles. The lowest BCUT2D eigenvalue weighted by Crippen LogP contribution is -2.47. The summed E-state index contributed by atoms with van der Waals surface area (Å²) in [5, 5.41) is 3.56. The van der Waals surface area contributed by atoms with Gasteiger partial charge in [0.1, 0.15) is 11.4 Å². The number of hydrogen-bond donors (Lipinski definition) is 1. The lowest BCUT2D eigenvalue weighted by atomic mass is 9.77. The standard InChI is InChI=1S/C16H23Br2NO/c1-15(2,3)19-10-9-16(7-4-8-16)20-14-6-5-12(17)11-13(14)18/h5-6,11,19H,4,7-10H2,1-3H3. The lowest BCUT2D eigenvalue weighted by molar-refractivity contribution is -0.0158. The monoisotopic (exact) mass is 403 g/mol. The molecule has 2 nitrogen and oxygen atoms in total. The first-order valence-corrected chi connectivity index (χ1v) is 8.77. The van der Waals surface area contributed by atoms with Crippen molar-refractivity contribution in [3.8, 4) is 5.75 Å². The Morgan fingerprint density at radius 1 is 1.25 bits per heavy atom. The summed E-state index contributed by atoms with van der Waals surface area (Å²) in [6, 6.07) is 6.10. The second-order valence-corrected chi connectivity index (χ2v) is 8.41. The van der Waals surface area contributed by atoms with E-state index in [9.17, 15) is 0 Å². The van der Waals surface area contributed by atoms with Gasteiger partial charge in [0.05, 0.1) is 4.47 Å². The van der Waals surface area contributed by atoms with E-state index in [0.717, 1.165) is 40.5 Å². The van der Waals surface area contributed by atoms with Crippen molar-refractivity contribution in [2.24, 2.45) is 0 Å². The van der Waals surface area contributed by atoms with Crippen molar-refractivity contribution in [3.63, 3.8) is 0 Å². The number of nitrogens with one attached hydrogen (secondary N) is 1. The summed E-state index contributed by atoms with van der Waals surface area (Å²) in [5.74, 6) is 0.948. The minimum absolute atomic E-state index is 0.0224. The van der Waals surface area contributed by atoms with Gasteiger partial charge in [-0.15, -0.1) is 0 Å². The molecule has 20 heavy (non-hydrogen) atoms. The minimum Gasteiger partial charge on any atom is -0.486 e. The Balaban J connectivity index is 1.97. The molecule has 1 aliphatic rings. The third kappa shape index (κ3) is 4.47. The van der Waals surface area contributed by atoms with E-state index in [1.165, 1.54) is 6.42 Å². The van der Waals surface area contributed by atoms with E-state index in [2.05, 4.69) is 57.9 Å². The quantitative estimate of drug-likeness (QED) is 0.719. The maximum absolute atomic E-state index is 6.33. The molecule has 4 heteroatoms. The van der Waals surface area contributed by atoms with E-state index in [1.54, 1.807) is 0 Å². The van der Waals surface area contributed by atoms with Crippen molar-refractivity contribution in [2.45, 2.75) is 57.6 Å². The maximum Gasteiger partial charge on any atom is 0.134 e. The number of halogens is 2. The van der Waals surface area contributed by atoms with E-state index in [0.29, 0.717) is 0 Å². The first kappa shape index (κ1) is 16.3. The molecular weight excluding hydrogens is 382 g/mol. The van der Waals surface area contributed by atoms with Gasteiger partial charge in [-0.05, 0) is 87.1 Å². The van der Waals surface area contributed by atoms with Crippen molar-refractivity contribution in [2.75, 3.05) is 6.54 Å². The summed E-state index contributed by atoms with van der Waals surface area (Å²) in [4.78, 5) is 0. The van der Waals surface area contributed by atoms with Crippen LogP contribution in [-0.4, -0.2) is 17.7 Å². The van der Waals surface area contributed by atoms with Gasteiger partial charge in [-0.3, -0.25) is 0 Å². The largest absolute Gasteiger partial charge is 0.486 e. The SMILES string of the molecule is CC(C)(C)NCCC1(Oc2ccc(Br)cc2Br)CCC1. The highest BCUT2D eigenvalue weighted by Crippen LogP contribution is 2.41. The zero-order valence-corrected chi connectivity index (χ0v) is 15.6. The molecule has 2 rings (SSSR count). The van der Waals surface area contributed by atoms with Crippen LogP contribution in [0.15, 0.2) is 27.1 Å². The highest BCUT2D eigenvalue weighted by atomic mass is 79.9. The fraction of sp³-hybridized carbons (Fsp3) is 0.625.